The molecule has 2 aromatic rings. The number of hydrogen-bond donors (Lipinski definition) is 2. The Hall–Kier alpha value is -2.20. The van der Waals surface area contributed by atoms with Crippen LogP contribution >= 0.6 is 11.6 Å². The van der Waals surface area contributed by atoms with E-state index in [1.807, 2.05) is 6.92 Å². The maximum Gasteiger partial charge on any atom is 0.255 e. The van der Waals surface area contributed by atoms with Crippen molar-refractivity contribution in [1.29, 1.82) is 0 Å². The van der Waals surface area contributed by atoms with E-state index < -0.39 is 0 Å². The number of hydrogen-bond acceptors (Lipinski definition) is 3. The first-order chi connectivity index (χ1) is 9.51. The fourth-order valence-electron chi connectivity index (χ4n) is 1.79. The smallest absolute Gasteiger partial charge is 0.255 e. The van der Waals surface area contributed by atoms with Crippen molar-refractivity contribution in [2.24, 2.45) is 0 Å². The molecule has 0 radical (unpaired) electrons. The molecule has 0 aliphatic heterocycles. The van der Waals surface area contributed by atoms with Crippen LogP contribution in [0.5, 0.6) is 5.75 Å². The van der Waals surface area contributed by atoms with E-state index in [0.717, 1.165) is 5.56 Å². The quantitative estimate of drug-likeness (QED) is 0.851. The van der Waals surface area contributed by atoms with Gasteiger partial charge >= 0.3 is 0 Å². The second-order valence-electron chi connectivity index (χ2n) is 4.38. The number of rotatable bonds is 3. The van der Waals surface area contributed by atoms with Crippen LogP contribution in [0.25, 0.3) is 0 Å². The van der Waals surface area contributed by atoms with Crippen molar-refractivity contribution in [3.05, 3.63) is 52.5 Å². The van der Waals surface area contributed by atoms with Crippen LogP contribution < -0.4 is 15.8 Å². The van der Waals surface area contributed by atoms with Crippen molar-refractivity contribution in [1.82, 2.24) is 0 Å². The monoisotopic (exact) mass is 290 g/mol. The van der Waals surface area contributed by atoms with Crippen LogP contribution in [-0.2, 0) is 0 Å². The molecule has 2 aromatic carbocycles. The number of anilines is 2. The number of ether oxygens (including phenoxy) is 1. The van der Waals surface area contributed by atoms with Crippen molar-refractivity contribution < 1.29 is 9.53 Å². The van der Waals surface area contributed by atoms with E-state index in [1.165, 1.54) is 7.11 Å². The van der Waals surface area contributed by atoms with E-state index in [9.17, 15) is 4.79 Å². The molecule has 3 N–H and O–H groups in total. The Morgan fingerprint density at radius 2 is 2.00 bits per heavy atom. The van der Waals surface area contributed by atoms with Gasteiger partial charge in [0.15, 0.2) is 0 Å². The maximum atomic E-state index is 12.2. The molecule has 0 heterocycles. The van der Waals surface area contributed by atoms with Gasteiger partial charge in [0.25, 0.3) is 5.91 Å². The van der Waals surface area contributed by atoms with Gasteiger partial charge in [-0.05, 0) is 42.8 Å². The van der Waals surface area contributed by atoms with Gasteiger partial charge in [0.1, 0.15) is 5.75 Å². The lowest BCUT2D eigenvalue weighted by Crippen LogP contribution is -2.13. The largest absolute Gasteiger partial charge is 0.494 e. The van der Waals surface area contributed by atoms with E-state index in [0.29, 0.717) is 27.7 Å². The molecule has 104 valence electrons. The summed E-state index contributed by atoms with van der Waals surface area (Å²) in [5.74, 6) is 0.289. The third kappa shape index (κ3) is 3.03. The third-order valence-corrected chi connectivity index (χ3v) is 3.32. The predicted molar refractivity (Wildman–Crippen MR) is 81.5 cm³/mol. The summed E-state index contributed by atoms with van der Waals surface area (Å²) in [5, 5.41) is 3.42. The second-order valence-corrected chi connectivity index (χ2v) is 4.79. The topological polar surface area (TPSA) is 64.3 Å². The molecular weight excluding hydrogens is 276 g/mol. The first-order valence-corrected chi connectivity index (χ1v) is 6.40. The molecule has 0 atom stereocenters. The number of nitrogen functional groups attached to an aromatic ring is 1. The van der Waals surface area contributed by atoms with Gasteiger partial charge in [-0.1, -0.05) is 11.6 Å². The van der Waals surface area contributed by atoms with Crippen LogP contribution in [0.1, 0.15) is 15.9 Å². The van der Waals surface area contributed by atoms with Crippen LogP contribution in [0, 0.1) is 6.92 Å². The Morgan fingerprint density at radius 3 is 2.65 bits per heavy atom. The van der Waals surface area contributed by atoms with E-state index in [1.54, 1.807) is 36.4 Å². The molecule has 0 unspecified atom stereocenters. The van der Waals surface area contributed by atoms with Gasteiger partial charge in [-0.2, -0.15) is 0 Å². The summed E-state index contributed by atoms with van der Waals surface area (Å²) in [5.41, 5.74) is 8.20. The van der Waals surface area contributed by atoms with Crippen LogP contribution in [-0.4, -0.2) is 13.0 Å². The molecule has 1 amide bonds. The lowest BCUT2D eigenvalue weighted by molar-refractivity contribution is 0.102. The molecule has 0 saturated carbocycles. The Labute approximate surface area is 122 Å². The van der Waals surface area contributed by atoms with Crippen molar-refractivity contribution in [2.75, 3.05) is 18.2 Å². The average Bonchev–Trinajstić information content (AvgIpc) is 2.43. The molecule has 5 heteroatoms. The maximum absolute atomic E-state index is 12.2. The molecule has 2 rings (SSSR count). The molecule has 0 spiro atoms. The standard InChI is InChI=1S/C15H15ClN2O2/c1-9-7-10(3-5-12(9)16)15(19)18-13-6-4-11(17)8-14(13)20-2/h3-8H,17H2,1-2H3,(H,18,19). The predicted octanol–water partition coefficient (Wildman–Crippen LogP) is 3.49. The molecule has 0 aromatic heterocycles. The number of methoxy groups -OCH3 is 1. The van der Waals surface area contributed by atoms with Gasteiger partial charge < -0.3 is 15.8 Å². The highest BCUT2D eigenvalue weighted by molar-refractivity contribution is 6.31. The van der Waals surface area contributed by atoms with Crippen molar-refractivity contribution >= 4 is 28.9 Å². The molecule has 0 bridgehead atoms. The Morgan fingerprint density at radius 1 is 1.25 bits per heavy atom. The number of carbonyl (C=O) groups excluding carboxylic acids is 1. The normalized spacial score (nSPS) is 10.2. The zero-order chi connectivity index (χ0) is 14.7. The summed E-state index contributed by atoms with van der Waals surface area (Å²) in [7, 11) is 1.52. The minimum absolute atomic E-state index is 0.229. The zero-order valence-electron chi connectivity index (χ0n) is 11.2. The van der Waals surface area contributed by atoms with E-state index >= 15 is 0 Å². The summed E-state index contributed by atoms with van der Waals surface area (Å²) < 4.78 is 5.19. The SMILES string of the molecule is COc1cc(N)ccc1NC(=O)c1ccc(Cl)c(C)c1. The minimum atomic E-state index is -0.229. The van der Waals surface area contributed by atoms with Crippen molar-refractivity contribution in [2.45, 2.75) is 6.92 Å². The van der Waals surface area contributed by atoms with E-state index in [2.05, 4.69) is 5.32 Å². The lowest BCUT2D eigenvalue weighted by atomic mass is 10.1. The van der Waals surface area contributed by atoms with E-state index in [4.69, 9.17) is 22.1 Å². The number of carbonyl (C=O) groups is 1. The summed E-state index contributed by atoms with van der Waals surface area (Å²) in [4.78, 5) is 12.2. The number of halogens is 1. The third-order valence-electron chi connectivity index (χ3n) is 2.89. The van der Waals surface area contributed by atoms with Gasteiger partial charge in [0.05, 0.1) is 12.8 Å². The highest BCUT2D eigenvalue weighted by atomic mass is 35.5. The summed E-state index contributed by atoms with van der Waals surface area (Å²) in [6, 6.07) is 10.2. The molecule has 0 aliphatic carbocycles. The molecule has 0 fully saturated rings. The van der Waals surface area contributed by atoms with Gasteiger partial charge in [-0.3, -0.25) is 4.79 Å². The summed E-state index contributed by atoms with van der Waals surface area (Å²) in [6.07, 6.45) is 0. The molecule has 0 aliphatic rings. The van der Waals surface area contributed by atoms with Crippen LogP contribution in [0.3, 0.4) is 0 Å². The molecule has 4 nitrogen and oxygen atoms in total. The fourth-order valence-corrected chi connectivity index (χ4v) is 1.91. The summed E-state index contributed by atoms with van der Waals surface area (Å²) in [6.45, 7) is 1.85. The zero-order valence-corrected chi connectivity index (χ0v) is 12.0. The Bertz CT molecular complexity index is 656. The first-order valence-electron chi connectivity index (χ1n) is 6.02. The number of aryl methyl sites for hydroxylation is 1. The first kappa shape index (κ1) is 14.2. The Kier molecular flexibility index (Phi) is 4.15. The fraction of sp³-hybridized carbons (Fsp3) is 0.133. The van der Waals surface area contributed by atoms with Crippen molar-refractivity contribution in [3.8, 4) is 5.75 Å². The van der Waals surface area contributed by atoms with Gasteiger partial charge in [-0.25, -0.2) is 0 Å². The molecule has 0 saturated heterocycles. The number of nitrogens with one attached hydrogen (secondary N) is 1. The minimum Gasteiger partial charge on any atom is -0.494 e. The highest BCUT2D eigenvalue weighted by Crippen LogP contribution is 2.27. The van der Waals surface area contributed by atoms with Crippen LogP contribution in [0.15, 0.2) is 36.4 Å². The van der Waals surface area contributed by atoms with Crippen LogP contribution in [0.2, 0.25) is 5.02 Å². The summed E-state index contributed by atoms with van der Waals surface area (Å²) >= 11 is 5.95. The average molecular weight is 291 g/mol. The van der Waals surface area contributed by atoms with Crippen molar-refractivity contribution in [3.63, 3.8) is 0 Å². The lowest BCUT2D eigenvalue weighted by Gasteiger charge is -2.11. The number of benzene rings is 2. The number of amides is 1. The molecular formula is C15H15ClN2O2. The van der Waals surface area contributed by atoms with Crippen LogP contribution in [0.4, 0.5) is 11.4 Å². The highest BCUT2D eigenvalue weighted by Gasteiger charge is 2.11. The van der Waals surface area contributed by atoms with Gasteiger partial charge in [0.2, 0.25) is 0 Å². The van der Waals surface area contributed by atoms with Gasteiger partial charge in [-0.15, -0.1) is 0 Å². The Balaban J connectivity index is 2.25. The van der Waals surface area contributed by atoms with E-state index in [-0.39, 0.29) is 5.91 Å². The second kappa shape index (κ2) is 5.84. The molecule has 20 heavy (non-hydrogen) atoms. The number of nitrogens with two attached hydrogens (primary N) is 1. The van der Waals surface area contributed by atoms with Gasteiger partial charge in [0, 0.05) is 22.3 Å².